The van der Waals surface area contributed by atoms with E-state index < -0.39 is 17.7 Å². The number of halogens is 4. The molecule has 8 heteroatoms. The van der Waals surface area contributed by atoms with E-state index in [1.807, 2.05) is 6.07 Å². The summed E-state index contributed by atoms with van der Waals surface area (Å²) in [6, 6.07) is 19.3. The van der Waals surface area contributed by atoms with Crippen molar-refractivity contribution in [2.75, 3.05) is 0 Å². The fraction of sp³-hybridized carbons (Fsp3) is 0.0476. The van der Waals surface area contributed by atoms with Crippen molar-refractivity contribution in [3.05, 3.63) is 101 Å². The van der Waals surface area contributed by atoms with Gasteiger partial charge in [0.15, 0.2) is 5.84 Å². The molecule has 3 aromatic rings. The summed E-state index contributed by atoms with van der Waals surface area (Å²) in [4.78, 5) is 21.7. The van der Waals surface area contributed by atoms with Crippen molar-refractivity contribution < 1.29 is 22.8 Å². The molecule has 0 radical (unpaired) electrons. The van der Waals surface area contributed by atoms with Crippen LogP contribution >= 0.6 is 11.6 Å². The molecule has 29 heavy (non-hydrogen) atoms. The van der Waals surface area contributed by atoms with Gasteiger partial charge in [-0.15, -0.1) is 0 Å². The van der Waals surface area contributed by atoms with Crippen molar-refractivity contribution in [3.63, 3.8) is 0 Å². The van der Waals surface area contributed by atoms with E-state index in [4.69, 9.17) is 16.4 Å². The van der Waals surface area contributed by atoms with Gasteiger partial charge in [-0.25, -0.2) is 9.79 Å². The highest BCUT2D eigenvalue weighted by molar-refractivity contribution is 6.30. The SMILES string of the molecule is O=C(ONC(=Nc1ccccc1)c1ccc(Cl)cc1)c1ccc(C(F)(F)F)cc1. The zero-order valence-corrected chi connectivity index (χ0v) is 15.5. The standard InChI is InChI=1S/C21H14ClF3N2O2/c22-17-12-8-14(9-13-17)19(26-18-4-2-1-3-5-18)27-29-20(28)15-6-10-16(11-7-15)21(23,24)25/h1-13H,(H,26,27). The number of aliphatic imine (C=N–C) groups is 1. The Hall–Kier alpha value is -3.32. The van der Waals surface area contributed by atoms with E-state index in [2.05, 4.69) is 10.5 Å². The Morgan fingerprint density at radius 2 is 1.45 bits per heavy atom. The zero-order chi connectivity index (χ0) is 20.9. The van der Waals surface area contributed by atoms with Crippen LogP contribution in [0.15, 0.2) is 83.9 Å². The van der Waals surface area contributed by atoms with Gasteiger partial charge in [-0.05, 0) is 60.7 Å². The first-order valence-corrected chi connectivity index (χ1v) is 8.75. The van der Waals surface area contributed by atoms with Crippen LogP contribution in [0.25, 0.3) is 0 Å². The Kier molecular flexibility index (Phi) is 6.19. The third kappa shape index (κ3) is 5.58. The highest BCUT2D eigenvalue weighted by Gasteiger charge is 2.30. The van der Waals surface area contributed by atoms with Crippen molar-refractivity contribution in [1.82, 2.24) is 5.48 Å². The smallest absolute Gasteiger partial charge is 0.336 e. The summed E-state index contributed by atoms with van der Waals surface area (Å²) < 4.78 is 37.9. The van der Waals surface area contributed by atoms with Crippen LogP contribution in [0, 0.1) is 0 Å². The molecule has 0 aliphatic rings. The Balaban J connectivity index is 1.78. The number of amidine groups is 1. The molecule has 3 aromatic carbocycles. The normalized spacial score (nSPS) is 11.8. The van der Waals surface area contributed by atoms with Gasteiger partial charge in [0.05, 0.1) is 16.8 Å². The van der Waals surface area contributed by atoms with E-state index in [1.54, 1.807) is 48.5 Å². The number of hydrogen-bond acceptors (Lipinski definition) is 3. The van der Waals surface area contributed by atoms with E-state index in [1.165, 1.54) is 0 Å². The molecule has 0 saturated heterocycles. The average Bonchev–Trinajstić information content (AvgIpc) is 2.72. The zero-order valence-electron chi connectivity index (χ0n) is 14.8. The van der Waals surface area contributed by atoms with Crippen molar-refractivity contribution in [3.8, 4) is 0 Å². The van der Waals surface area contributed by atoms with Crippen molar-refractivity contribution in [1.29, 1.82) is 0 Å². The summed E-state index contributed by atoms with van der Waals surface area (Å²) in [5, 5.41) is 0.523. The summed E-state index contributed by atoms with van der Waals surface area (Å²) in [6.45, 7) is 0. The largest absolute Gasteiger partial charge is 0.416 e. The number of carbonyl (C=O) groups is 1. The van der Waals surface area contributed by atoms with Crippen LogP contribution in [0.2, 0.25) is 5.02 Å². The molecule has 0 heterocycles. The van der Waals surface area contributed by atoms with Crippen molar-refractivity contribution in [2.24, 2.45) is 4.99 Å². The van der Waals surface area contributed by atoms with Crippen LogP contribution in [0.4, 0.5) is 18.9 Å². The van der Waals surface area contributed by atoms with Gasteiger partial charge in [0.25, 0.3) is 0 Å². The van der Waals surface area contributed by atoms with E-state index >= 15 is 0 Å². The summed E-state index contributed by atoms with van der Waals surface area (Å²) >= 11 is 5.90. The van der Waals surface area contributed by atoms with Crippen LogP contribution in [0.1, 0.15) is 21.5 Å². The minimum Gasteiger partial charge on any atom is -0.336 e. The number of alkyl halides is 3. The summed E-state index contributed by atoms with van der Waals surface area (Å²) in [7, 11) is 0. The molecule has 0 atom stereocenters. The first-order valence-electron chi connectivity index (χ1n) is 8.37. The molecule has 0 aliphatic heterocycles. The molecule has 1 N–H and O–H groups in total. The van der Waals surface area contributed by atoms with E-state index in [0.717, 1.165) is 24.3 Å². The fourth-order valence-electron chi connectivity index (χ4n) is 2.33. The second-order valence-corrected chi connectivity index (χ2v) is 6.31. The third-order valence-corrected chi connectivity index (χ3v) is 4.06. The highest BCUT2D eigenvalue weighted by Crippen LogP contribution is 2.29. The lowest BCUT2D eigenvalue weighted by molar-refractivity contribution is -0.137. The predicted molar refractivity (Wildman–Crippen MR) is 104 cm³/mol. The highest BCUT2D eigenvalue weighted by atomic mass is 35.5. The quantitative estimate of drug-likeness (QED) is 0.332. The Morgan fingerprint density at radius 1 is 0.862 bits per heavy atom. The van der Waals surface area contributed by atoms with Gasteiger partial charge in [0.1, 0.15) is 0 Å². The Morgan fingerprint density at radius 3 is 2.03 bits per heavy atom. The molecule has 0 aliphatic carbocycles. The molecule has 0 bridgehead atoms. The number of hydroxylamine groups is 1. The summed E-state index contributed by atoms with van der Waals surface area (Å²) in [6.07, 6.45) is -4.48. The summed E-state index contributed by atoms with van der Waals surface area (Å²) in [5.74, 6) is -0.624. The van der Waals surface area contributed by atoms with Crippen LogP contribution in [0.5, 0.6) is 0 Å². The van der Waals surface area contributed by atoms with Crippen LogP contribution in [-0.2, 0) is 11.0 Å². The van der Waals surface area contributed by atoms with Crippen molar-refractivity contribution in [2.45, 2.75) is 6.18 Å². The second-order valence-electron chi connectivity index (χ2n) is 5.87. The third-order valence-electron chi connectivity index (χ3n) is 3.80. The van der Waals surface area contributed by atoms with Gasteiger partial charge in [0, 0.05) is 10.6 Å². The number of rotatable bonds is 3. The Bertz CT molecular complexity index is 1000. The number of benzene rings is 3. The molecule has 4 nitrogen and oxygen atoms in total. The maximum atomic E-state index is 12.6. The number of para-hydroxylation sites is 1. The van der Waals surface area contributed by atoms with Crippen LogP contribution in [0.3, 0.4) is 0 Å². The average molecular weight is 419 g/mol. The monoisotopic (exact) mass is 418 g/mol. The second kappa shape index (κ2) is 8.79. The molecule has 148 valence electrons. The Labute approximate surface area is 169 Å². The molecule has 3 rings (SSSR count). The van der Waals surface area contributed by atoms with Gasteiger partial charge >= 0.3 is 12.1 Å². The molecular formula is C21H14ClF3N2O2. The van der Waals surface area contributed by atoms with Crippen LogP contribution in [-0.4, -0.2) is 11.8 Å². The lowest BCUT2D eigenvalue weighted by Gasteiger charge is -2.11. The van der Waals surface area contributed by atoms with Gasteiger partial charge in [-0.1, -0.05) is 29.8 Å². The van der Waals surface area contributed by atoms with E-state index in [9.17, 15) is 18.0 Å². The lowest BCUT2D eigenvalue weighted by atomic mass is 10.1. The number of hydrogen-bond donors (Lipinski definition) is 1. The van der Waals surface area contributed by atoms with Gasteiger partial charge in [-0.3, -0.25) is 0 Å². The molecule has 0 unspecified atom stereocenters. The van der Waals surface area contributed by atoms with Gasteiger partial charge in [0.2, 0.25) is 0 Å². The molecule has 0 saturated carbocycles. The first kappa shape index (κ1) is 20.4. The molecule has 0 aromatic heterocycles. The number of carbonyl (C=O) groups excluding carboxylic acids is 1. The molecule has 0 fully saturated rings. The van der Waals surface area contributed by atoms with Crippen LogP contribution < -0.4 is 5.48 Å². The topological polar surface area (TPSA) is 50.7 Å². The number of nitrogens with one attached hydrogen (secondary N) is 1. The fourth-order valence-corrected chi connectivity index (χ4v) is 2.46. The van der Waals surface area contributed by atoms with Gasteiger partial charge < -0.3 is 4.84 Å². The minimum absolute atomic E-state index is 0.0410. The minimum atomic E-state index is -4.48. The number of nitrogens with zero attached hydrogens (tertiary/aromatic N) is 1. The first-order chi connectivity index (χ1) is 13.8. The van der Waals surface area contributed by atoms with E-state index in [-0.39, 0.29) is 11.4 Å². The van der Waals surface area contributed by atoms with Crippen molar-refractivity contribution >= 4 is 29.1 Å². The molecule has 0 spiro atoms. The summed E-state index contributed by atoms with van der Waals surface area (Å²) in [5.41, 5.74) is 2.79. The maximum absolute atomic E-state index is 12.6. The lowest BCUT2D eigenvalue weighted by Crippen LogP contribution is -2.28. The van der Waals surface area contributed by atoms with Gasteiger partial charge in [-0.2, -0.15) is 18.7 Å². The maximum Gasteiger partial charge on any atom is 0.416 e. The molecule has 0 amide bonds. The predicted octanol–water partition coefficient (Wildman–Crippen LogP) is 5.80. The van der Waals surface area contributed by atoms with E-state index in [0.29, 0.717) is 16.3 Å². The molecular weight excluding hydrogens is 405 g/mol.